The number of methoxy groups -OCH3 is 2. The molecule has 3 aromatic rings. The third kappa shape index (κ3) is 3.77. The summed E-state index contributed by atoms with van der Waals surface area (Å²) in [5.41, 5.74) is 2.02. The van der Waals surface area contributed by atoms with Crippen molar-refractivity contribution in [3.63, 3.8) is 0 Å². The second-order valence-corrected chi connectivity index (χ2v) is 9.65. The number of nitro groups is 1. The number of ether oxygens (including phenoxy) is 2. The van der Waals surface area contributed by atoms with Gasteiger partial charge in [-0.1, -0.05) is 30.4 Å². The monoisotopic (exact) mass is 540 g/mol. The molecule has 40 heavy (non-hydrogen) atoms. The topological polar surface area (TPSA) is 131 Å². The Morgan fingerprint density at radius 2 is 1.68 bits per heavy atom. The van der Waals surface area contributed by atoms with Crippen LogP contribution in [0.5, 0.6) is 11.5 Å². The van der Waals surface area contributed by atoms with Crippen LogP contribution in [0.4, 0.5) is 22.7 Å². The number of hydrogen-bond donors (Lipinski definition) is 1. The van der Waals surface area contributed by atoms with Crippen LogP contribution in [0.15, 0.2) is 72.8 Å². The highest BCUT2D eigenvalue weighted by Gasteiger charge is 2.64. The van der Waals surface area contributed by atoms with Crippen molar-refractivity contribution >= 4 is 46.5 Å². The van der Waals surface area contributed by atoms with E-state index >= 15 is 0 Å². The first-order valence-corrected chi connectivity index (χ1v) is 12.5. The van der Waals surface area contributed by atoms with E-state index < -0.39 is 46.6 Å². The summed E-state index contributed by atoms with van der Waals surface area (Å²) in [6.07, 6.45) is 3.75. The minimum Gasteiger partial charge on any atom is -0.497 e. The summed E-state index contributed by atoms with van der Waals surface area (Å²) >= 11 is 0. The molecule has 0 spiro atoms. The third-order valence-corrected chi connectivity index (χ3v) is 7.67. The lowest BCUT2D eigenvalue weighted by atomic mass is 9.88. The molecule has 3 aliphatic rings. The van der Waals surface area contributed by atoms with Gasteiger partial charge in [0.05, 0.1) is 48.4 Å². The lowest BCUT2D eigenvalue weighted by Gasteiger charge is -2.36. The third-order valence-electron chi connectivity index (χ3n) is 7.67. The number of imide groups is 1. The van der Waals surface area contributed by atoms with Gasteiger partial charge in [-0.15, -0.1) is 0 Å². The van der Waals surface area contributed by atoms with E-state index in [1.54, 1.807) is 18.2 Å². The Morgan fingerprint density at radius 1 is 0.950 bits per heavy atom. The summed E-state index contributed by atoms with van der Waals surface area (Å²) < 4.78 is 10.7. The molecule has 11 heteroatoms. The number of nitrogens with zero attached hydrogens (tertiary/aromatic N) is 3. The summed E-state index contributed by atoms with van der Waals surface area (Å²) in [5.74, 6) is -2.42. The van der Waals surface area contributed by atoms with Crippen LogP contribution in [-0.2, 0) is 14.4 Å². The van der Waals surface area contributed by atoms with Gasteiger partial charge in [0.2, 0.25) is 17.7 Å². The molecule has 0 aromatic heterocycles. The number of non-ortho nitro benzene ring substituents is 1. The Bertz CT molecular complexity index is 1590. The SMILES string of the molecule is COc1ccc(OC)c(NC(=O)[C@@H]2[C@H]3C(=O)N(c4ccc([N+](=O)[O-])cc4)C(=O)[C@@H]3[C@H]3C=Cc4ccccc4N32)c1. The zero-order valence-corrected chi connectivity index (χ0v) is 21.5. The zero-order valence-electron chi connectivity index (χ0n) is 21.5. The van der Waals surface area contributed by atoms with E-state index in [1.807, 2.05) is 41.3 Å². The van der Waals surface area contributed by atoms with Gasteiger partial charge in [-0.3, -0.25) is 24.5 Å². The Kier molecular flexibility index (Phi) is 5.98. The summed E-state index contributed by atoms with van der Waals surface area (Å²) in [6, 6.07) is 16.1. The Labute approximate surface area is 228 Å². The van der Waals surface area contributed by atoms with Gasteiger partial charge in [-0.25, -0.2) is 4.90 Å². The molecule has 202 valence electrons. The van der Waals surface area contributed by atoms with E-state index in [0.717, 1.165) is 16.2 Å². The maximum Gasteiger partial charge on any atom is 0.269 e. The number of rotatable bonds is 6. The van der Waals surface area contributed by atoms with Crippen molar-refractivity contribution in [1.29, 1.82) is 0 Å². The average molecular weight is 541 g/mol. The number of carbonyl (C=O) groups is 3. The molecule has 0 bridgehead atoms. The predicted molar refractivity (Wildman–Crippen MR) is 146 cm³/mol. The van der Waals surface area contributed by atoms with Crippen LogP contribution in [0, 0.1) is 22.0 Å². The maximum absolute atomic E-state index is 14.1. The van der Waals surface area contributed by atoms with E-state index in [2.05, 4.69) is 5.32 Å². The van der Waals surface area contributed by atoms with Crippen LogP contribution in [0.1, 0.15) is 5.56 Å². The molecule has 3 amide bonds. The van der Waals surface area contributed by atoms with Crippen molar-refractivity contribution < 1.29 is 28.8 Å². The first kappa shape index (κ1) is 25.1. The van der Waals surface area contributed by atoms with Gasteiger partial charge in [0.1, 0.15) is 17.5 Å². The second-order valence-electron chi connectivity index (χ2n) is 9.65. The molecular formula is C29H24N4O7. The van der Waals surface area contributed by atoms with Crippen LogP contribution in [0.3, 0.4) is 0 Å². The van der Waals surface area contributed by atoms with Gasteiger partial charge in [-0.2, -0.15) is 0 Å². The second kappa shape index (κ2) is 9.53. The van der Waals surface area contributed by atoms with Crippen LogP contribution in [-0.4, -0.2) is 48.9 Å². The number of benzene rings is 3. The summed E-state index contributed by atoms with van der Waals surface area (Å²) in [4.78, 5) is 55.3. The molecule has 0 saturated carbocycles. The van der Waals surface area contributed by atoms with Crippen molar-refractivity contribution in [3.8, 4) is 11.5 Å². The van der Waals surface area contributed by atoms with Crippen LogP contribution >= 0.6 is 0 Å². The Balaban J connectivity index is 1.42. The summed E-state index contributed by atoms with van der Waals surface area (Å²) in [6.45, 7) is 0. The number of carbonyl (C=O) groups excluding carboxylic acids is 3. The summed E-state index contributed by atoms with van der Waals surface area (Å²) in [7, 11) is 2.98. The van der Waals surface area contributed by atoms with Crippen molar-refractivity contribution in [1.82, 2.24) is 0 Å². The number of para-hydroxylation sites is 1. The molecule has 3 aliphatic heterocycles. The highest BCUT2D eigenvalue weighted by atomic mass is 16.6. The number of nitro benzene ring substituents is 1. The highest BCUT2D eigenvalue weighted by molar-refractivity contribution is 6.25. The molecule has 4 atom stereocenters. The number of nitrogens with one attached hydrogen (secondary N) is 1. The van der Waals surface area contributed by atoms with Crippen LogP contribution < -0.4 is 24.6 Å². The molecule has 3 heterocycles. The predicted octanol–water partition coefficient (Wildman–Crippen LogP) is 3.64. The van der Waals surface area contributed by atoms with E-state index in [0.29, 0.717) is 17.2 Å². The fourth-order valence-electron chi connectivity index (χ4n) is 5.91. The average Bonchev–Trinajstić information content (AvgIpc) is 3.45. The van der Waals surface area contributed by atoms with Crippen molar-refractivity contribution in [3.05, 3.63) is 88.5 Å². The smallest absolute Gasteiger partial charge is 0.269 e. The first-order valence-electron chi connectivity index (χ1n) is 12.5. The Hall–Kier alpha value is -5.19. The van der Waals surface area contributed by atoms with Gasteiger partial charge >= 0.3 is 0 Å². The van der Waals surface area contributed by atoms with Gasteiger partial charge in [-0.05, 0) is 35.9 Å². The summed E-state index contributed by atoms with van der Waals surface area (Å²) in [5, 5.41) is 14.0. The van der Waals surface area contributed by atoms with Gasteiger partial charge in [0.25, 0.3) is 5.69 Å². The minimum atomic E-state index is -1.03. The molecule has 3 aromatic carbocycles. The minimum absolute atomic E-state index is 0.162. The van der Waals surface area contributed by atoms with E-state index in [1.165, 1.54) is 38.5 Å². The van der Waals surface area contributed by atoms with E-state index in [-0.39, 0.29) is 11.4 Å². The zero-order chi connectivity index (χ0) is 28.1. The molecule has 11 nitrogen and oxygen atoms in total. The fraction of sp³-hybridized carbons (Fsp3) is 0.207. The molecule has 0 radical (unpaired) electrons. The molecular weight excluding hydrogens is 516 g/mol. The molecule has 0 unspecified atom stereocenters. The van der Waals surface area contributed by atoms with Crippen LogP contribution in [0.25, 0.3) is 6.08 Å². The lowest BCUT2D eigenvalue weighted by molar-refractivity contribution is -0.384. The van der Waals surface area contributed by atoms with Crippen molar-refractivity contribution in [2.45, 2.75) is 12.1 Å². The number of fused-ring (bicyclic) bond motifs is 5. The van der Waals surface area contributed by atoms with Crippen molar-refractivity contribution in [2.75, 3.05) is 29.3 Å². The van der Waals surface area contributed by atoms with Gasteiger partial charge in [0.15, 0.2) is 0 Å². The Morgan fingerprint density at radius 3 is 2.38 bits per heavy atom. The molecule has 1 N–H and O–H groups in total. The van der Waals surface area contributed by atoms with E-state index in [9.17, 15) is 24.5 Å². The van der Waals surface area contributed by atoms with E-state index in [4.69, 9.17) is 9.47 Å². The molecule has 2 saturated heterocycles. The molecule has 2 fully saturated rings. The first-order chi connectivity index (χ1) is 19.3. The van der Waals surface area contributed by atoms with Crippen molar-refractivity contribution in [2.24, 2.45) is 11.8 Å². The number of anilines is 3. The normalized spacial score (nSPS) is 22.4. The molecule has 0 aliphatic carbocycles. The lowest BCUT2D eigenvalue weighted by Crippen LogP contribution is -2.50. The molecule has 6 rings (SSSR count). The highest BCUT2D eigenvalue weighted by Crippen LogP contribution is 2.49. The van der Waals surface area contributed by atoms with Gasteiger partial charge < -0.3 is 19.7 Å². The fourth-order valence-corrected chi connectivity index (χ4v) is 5.91. The standard InChI is InChI=1S/C29H24N4O7/c1-39-19-12-14-23(40-2)20(15-19)30-27(34)26-25-24(22-13-7-16-5-3-4-6-21(16)32(22)26)28(35)31(29(25)36)17-8-10-18(11-9-17)33(37)38/h3-15,22,24-26H,1-2H3,(H,30,34)/t22-,24-,25+,26+/m1/s1. The number of amides is 3. The largest absolute Gasteiger partial charge is 0.497 e. The quantitative estimate of drug-likeness (QED) is 0.285. The maximum atomic E-state index is 14.1. The van der Waals surface area contributed by atoms with Crippen LogP contribution in [0.2, 0.25) is 0 Å². The van der Waals surface area contributed by atoms with Gasteiger partial charge in [0, 0.05) is 23.9 Å². The number of hydrogen-bond acceptors (Lipinski definition) is 8.